The van der Waals surface area contributed by atoms with Gasteiger partial charge < -0.3 is 10.1 Å². The van der Waals surface area contributed by atoms with Gasteiger partial charge in [0.05, 0.1) is 23.7 Å². The quantitative estimate of drug-likeness (QED) is 0.612. The zero-order valence-electron chi connectivity index (χ0n) is 9.78. The van der Waals surface area contributed by atoms with Gasteiger partial charge in [-0.25, -0.2) is 8.42 Å². The highest BCUT2D eigenvalue weighted by Crippen LogP contribution is 2.22. The highest BCUT2D eigenvalue weighted by Gasteiger charge is 2.39. The van der Waals surface area contributed by atoms with Crippen LogP contribution in [-0.4, -0.2) is 37.2 Å². The molecular formula is C10H19NO3S2. The molecule has 16 heavy (non-hydrogen) atoms. The normalized spacial score (nSPS) is 27.6. The Labute approximate surface area is 103 Å². The molecule has 0 amide bonds. The summed E-state index contributed by atoms with van der Waals surface area (Å²) in [5.74, 6) is 0.366. The summed E-state index contributed by atoms with van der Waals surface area (Å²) in [4.78, 5) is 0. The first kappa shape index (κ1) is 13.7. The SMILES string of the molecule is CCCCOC(=S)N[C@]1(C)CCS(=O)(=O)C1. The van der Waals surface area contributed by atoms with Crippen LogP contribution < -0.4 is 5.32 Å². The molecule has 0 aliphatic carbocycles. The molecule has 0 radical (unpaired) electrons. The van der Waals surface area contributed by atoms with E-state index in [-0.39, 0.29) is 11.5 Å². The summed E-state index contributed by atoms with van der Waals surface area (Å²) >= 11 is 5.02. The minimum absolute atomic E-state index is 0.136. The first-order valence-electron chi connectivity index (χ1n) is 5.52. The molecule has 1 aliphatic heterocycles. The van der Waals surface area contributed by atoms with E-state index in [2.05, 4.69) is 12.2 Å². The van der Waals surface area contributed by atoms with Crippen molar-refractivity contribution in [2.75, 3.05) is 18.1 Å². The summed E-state index contributed by atoms with van der Waals surface area (Å²) in [6, 6.07) is 0. The summed E-state index contributed by atoms with van der Waals surface area (Å²) in [7, 11) is -2.90. The fraction of sp³-hybridized carbons (Fsp3) is 0.900. The van der Waals surface area contributed by atoms with Crippen molar-refractivity contribution in [3.05, 3.63) is 0 Å². The van der Waals surface area contributed by atoms with Crippen molar-refractivity contribution in [3.8, 4) is 0 Å². The average molecular weight is 265 g/mol. The Bertz CT molecular complexity index is 353. The number of hydrogen-bond donors (Lipinski definition) is 1. The van der Waals surface area contributed by atoms with E-state index in [4.69, 9.17) is 17.0 Å². The van der Waals surface area contributed by atoms with Crippen molar-refractivity contribution < 1.29 is 13.2 Å². The summed E-state index contributed by atoms with van der Waals surface area (Å²) < 4.78 is 28.0. The Morgan fingerprint density at radius 3 is 2.75 bits per heavy atom. The van der Waals surface area contributed by atoms with Gasteiger partial charge in [0.15, 0.2) is 9.84 Å². The molecule has 0 aromatic carbocycles. The second-order valence-corrected chi connectivity index (χ2v) is 7.07. The minimum atomic E-state index is -2.90. The van der Waals surface area contributed by atoms with Crippen molar-refractivity contribution >= 4 is 27.2 Å². The van der Waals surface area contributed by atoms with E-state index in [0.717, 1.165) is 12.8 Å². The van der Waals surface area contributed by atoms with E-state index in [9.17, 15) is 8.42 Å². The Kier molecular flexibility index (Phi) is 4.55. The third-order valence-electron chi connectivity index (χ3n) is 2.64. The maximum absolute atomic E-state index is 11.4. The Hall–Kier alpha value is -0.360. The van der Waals surface area contributed by atoms with E-state index >= 15 is 0 Å². The number of rotatable bonds is 4. The maximum atomic E-state index is 11.4. The van der Waals surface area contributed by atoms with Crippen LogP contribution in [0.4, 0.5) is 0 Å². The van der Waals surface area contributed by atoms with Gasteiger partial charge in [0.1, 0.15) is 0 Å². The predicted molar refractivity (Wildman–Crippen MR) is 68.3 cm³/mol. The topological polar surface area (TPSA) is 55.4 Å². The summed E-state index contributed by atoms with van der Waals surface area (Å²) in [5.41, 5.74) is -0.456. The lowest BCUT2D eigenvalue weighted by Crippen LogP contribution is -2.47. The standard InChI is InChI=1S/C10H19NO3S2/c1-3-4-6-14-9(15)11-10(2)5-7-16(12,13)8-10/h3-8H2,1-2H3,(H,11,15)/t10-/m1/s1. The minimum Gasteiger partial charge on any atom is -0.471 e. The molecule has 0 aromatic heterocycles. The number of hydrogen-bond acceptors (Lipinski definition) is 4. The fourth-order valence-corrected chi connectivity index (χ4v) is 4.12. The number of thiocarbonyl (C=S) groups is 1. The Balaban J connectivity index is 2.39. The molecule has 1 rings (SSSR count). The molecule has 1 heterocycles. The molecular weight excluding hydrogens is 246 g/mol. The number of unbranched alkanes of at least 4 members (excludes halogenated alkanes) is 1. The van der Waals surface area contributed by atoms with E-state index in [1.807, 2.05) is 6.92 Å². The number of nitrogens with one attached hydrogen (secondary N) is 1. The van der Waals surface area contributed by atoms with Crippen LogP contribution in [0.5, 0.6) is 0 Å². The summed E-state index contributed by atoms with van der Waals surface area (Å²) in [6.07, 6.45) is 2.59. The zero-order valence-corrected chi connectivity index (χ0v) is 11.4. The third-order valence-corrected chi connectivity index (χ3v) is 4.76. The number of ether oxygens (including phenoxy) is 1. The molecule has 4 nitrogen and oxygen atoms in total. The predicted octanol–water partition coefficient (Wildman–Crippen LogP) is 1.25. The summed E-state index contributed by atoms with van der Waals surface area (Å²) in [6.45, 7) is 4.53. The van der Waals surface area contributed by atoms with Crippen LogP contribution in [0.15, 0.2) is 0 Å². The Morgan fingerprint density at radius 2 is 2.25 bits per heavy atom. The van der Waals surface area contributed by atoms with Gasteiger partial charge in [-0.15, -0.1) is 0 Å². The van der Waals surface area contributed by atoms with Crippen molar-refractivity contribution in [1.82, 2.24) is 5.32 Å². The third kappa shape index (κ3) is 4.25. The lowest BCUT2D eigenvalue weighted by molar-refractivity contribution is 0.276. The summed E-state index contributed by atoms with van der Waals surface area (Å²) in [5, 5.41) is 3.31. The van der Waals surface area contributed by atoms with Crippen molar-refractivity contribution in [2.45, 2.75) is 38.6 Å². The van der Waals surface area contributed by atoms with Crippen LogP contribution in [0, 0.1) is 0 Å². The number of sulfone groups is 1. The molecule has 94 valence electrons. The molecule has 0 spiro atoms. The molecule has 0 unspecified atom stereocenters. The zero-order chi connectivity index (χ0) is 12.2. The van der Waals surface area contributed by atoms with Crippen LogP contribution in [-0.2, 0) is 14.6 Å². The second-order valence-electron chi connectivity index (χ2n) is 4.52. The highest BCUT2D eigenvalue weighted by molar-refractivity contribution is 7.91. The van der Waals surface area contributed by atoms with Gasteiger partial charge in [-0.1, -0.05) is 13.3 Å². The van der Waals surface area contributed by atoms with Gasteiger partial charge in [-0.2, -0.15) is 0 Å². The lowest BCUT2D eigenvalue weighted by Gasteiger charge is -2.25. The average Bonchev–Trinajstić information content (AvgIpc) is 2.40. The molecule has 6 heteroatoms. The molecule has 1 atom stereocenters. The van der Waals surface area contributed by atoms with Crippen LogP contribution in [0.25, 0.3) is 0 Å². The van der Waals surface area contributed by atoms with Crippen LogP contribution >= 0.6 is 12.2 Å². The van der Waals surface area contributed by atoms with E-state index in [1.54, 1.807) is 0 Å². The second kappa shape index (κ2) is 5.31. The lowest BCUT2D eigenvalue weighted by atomic mass is 10.0. The largest absolute Gasteiger partial charge is 0.471 e. The maximum Gasteiger partial charge on any atom is 0.257 e. The van der Waals surface area contributed by atoms with Crippen molar-refractivity contribution in [1.29, 1.82) is 0 Å². The fourth-order valence-electron chi connectivity index (χ4n) is 1.70. The molecule has 1 saturated heterocycles. The first-order valence-corrected chi connectivity index (χ1v) is 7.75. The van der Waals surface area contributed by atoms with Crippen LogP contribution in [0.3, 0.4) is 0 Å². The van der Waals surface area contributed by atoms with Gasteiger partial charge in [0.2, 0.25) is 0 Å². The highest BCUT2D eigenvalue weighted by atomic mass is 32.2. The Morgan fingerprint density at radius 1 is 1.56 bits per heavy atom. The molecule has 1 aliphatic rings. The van der Waals surface area contributed by atoms with Crippen molar-refractivity contribution in [2.24, 2.45) is 0 Å². The van der Waals surface area contributed by atoms with Gasteiger partial charge >= 0.3 is 0 Å². The van der Waals surface area contributed by atoms with E-state index in [0.29, 0.717) is 18.2 Å². The molecule has 1 fully saturated rings. The van der Waals surface area contributed by atoms with Gasteiger partial charge in [-0.05, 0) is 32.0 Å². The van der Waals surface area contributed by atoms with Gasteiger partial charge in [0.25, 0.3) is 5.17 Å². The molecule has 0 saturated carbocycles. The molecule has 0 aromatic rings. The van der Waals surface area contributed by atoms with Gasteiger partial charge in [0, 0.05) is 0 Å². The van der Waals surface area contributed by atoms with Gasteiger partial charge in [-0.3, -0.25) is 0 Å². The molecule has 0 bridgehead atoms. The monoisotopic (exact) mass is 265 g/mol. The smallest absolute Gasteiger partial charge is 0.257 e. The van der Waals surface area contributed by atoms with Crippen LogP contribution in [0.1, 0.15) is 33.1 Å². The van der Waals surface area contributed by atoms with Crippen molar-refractivity contribution in [3.63, 3.8) is 0 Å². The van der Waals surface area contributed by atoms with Crippen LogP contribution in [0.2, 0.25) is 0 Å². The van der Waals surface area contributed by atoms with E-state index < -0.39 is 15.4 Å². The van der Waals surface area contributed by atoms with E-state index in [1.165, 1.54) is 0 Å². The first-order chi connectivity index (χ1) is 7.37. The molecule has 1 N–H and O–H groups in total.